The molecule has 24 heavy (non-hydrogen) atoms. The fourth-order valence-corrected chi connectivity index (χ4v) is 3.03. The first kappa shape index (κ1) is 15.2. The molecule has 0 bridgehead atoms. The van der Waals surface area contributed by atoms with Gasteiger partial charge in [0, 0.05) is 23.7 Å². The predicted octanol–water partition coefficient (Wildman–Crippen LogP) is 3.49. The molecule has 0 amide bonds. The Hall–Kier alpha value is -2.37. The number of anilines is 1. The molecule has 5 nitrogen and oxygen atoms in total. The Morgan fingerprint density at radius 3 is 2.71 bits per heavy atom. The first-order valence-corrected chi connectivity index (χ1v) is 8.17. The highest BCUT2D eigenvalue weighted by Gasteiger charge is 2.14. The smallest absolute Gasteiger partial charge is 0.148 e. The van der Waals surface area contributed by atoms with Crippen molar-refractivity contribution in [2.75, 3.05) is 31.2 Å². The molecule has 3 aromatic rings. The largest absolute Gasteiger partial charge is 0.507 e. The van der Waals surface area contributed by atoms with E-state index in [9.17, 15) is 5.11 Å². The van der Waals surface area contributed by atoms with E-state index in [1.54, 1.807) is 24.4 Å². The molecule has 1 saturated heterocycles. The number of halogens is 1. The van der Waals surface area contributed by atoms with Crippen molar-refractivity contribution in [2.45, 2.75) is 0 Å². The van der Waals surface area contributed by atoms with Gasteiger partial charge in [-0.05, 0) is 35.9 Å². The number of hydrogen-bond donors (Lipinski definition) is 1. The van der Waals surface area contributed by atoms with Crippen molar-refractivity contribution in [3.63, 3.8) is 0 Å². The second-order valence-electron chi connectivity index (χ2n) is 5.69. The first-order chi connectivity index (χ1) is 11.7. The molecule has 0 spiro atoms. The van der Waals surface area contributed by atoms with Crippen LogP contribution in [0.5, 0.6) is 5.75 Å². The number of benzene rings is 2. The standard InChI is InChI=1S/C18H16ClN3O2/c19-13-2-4-17(23)14(10-13)12-1-3-15-16(9-12)21-18(11-20-15)22-5-7-24-8-6-22/h1-4,9-11,23H,5-8H2. The zero-order chi connectivity index (χ0) is 16.5. The van der Waals surface area contributed by atoms with Crippen molar-refractivity contribution in [1.82, 2.24) is 9.97 Å². The summed E-state index contributed by atoms with van der Waals surface area (Å²) in [7, 11) is 0. The van der Waals surface area contributed by atoms with Gasteiger partial charge in [-0.15, -0.1) is 0 Å². The number of nitrogens with zero attached hydrogens (tertiary/aromatic N) is 3. The van der Waals surface area contributed by atoms with Gasteiger partial charge in [0.1, 0.15) is 11.6 Å². The summed E-state index contributed by atoms with van der Waals surface area (Å²) >= 11 is 6.05. The lowest BCUT2D eigenvalue weighted by atomic mass is 10.0. The average Bonchev–Trinajstić information content (AvgIpc) is 2.63. The maximum absolute atomic E-state index is 10.1. The Balaban J connectivity index is 1.77. The molecule has 6 heteroatoms. The molecule has 122 valence electrons. The molecule has 1 aliphatic rings. The van der Waals surface area contributed by atoms with E-state index in [-0.39, 0.29) is 5.75 Å². The quantitative estimate of drug-likeness (QED) is 0.773. The summed E-state index contributed by atoms with van der Waals surface area (Å²) in [6.07, 6.45) is 1.80. The number of aromatic hydroxyl groups is 1. The molecule has 0 atom stereocenters. The van der Waals surface area contributed by atoms with Crippen molar-refractivity contribution < 1.29 is 9.84 Å². The van der Waals surface area contributed by atoms with E-state index in [4.69, 9.17) is 21.3 Å². The first-order valence-electron chi connectivity index (χ1n) is 7.79. The number of fused-ring (bicyclic) bond motifs is 1. The lowest BCUT2D eigenvalue weighted by molar-refractivity contribution is 0.122. The maximum atomic E-state index is 10.1. The summed E-state index contributed by atoms with van der Waals surface area (Å²) in [5.74, 6) is 1.04. The van der Waals surface area contributed by atoms with E-state index in [1.165, 1.54) is 0 Å². The van der Waals surface area contributed by atoms with Gasteiger partial charge in [0.2, 0.25) is 0 Å². The van der Waals surface area contributed by atoms with Crippen LogP contribution >= 0.6 is 11.6 Å². The minimum absolute atomic E-state index is 0.191. The predicted molar refractivity (Wildman–Crippen MR) is 94.7 cm³/mol. The van der Waals surface area contributed by atoms with Crippen LogP contribution in [0.2, 0.25) is 5.02 Å². The van der Waals surface area contributed by atoms with Gasteiger partial charge in [0.25, 0.3) is 0 Å². The lowest BCUT2D eigenvalue weighted by Crippen LogP contribution is -2.36. The minimum Gasteiger partial charge on any atom is -0.507 e. The maximum Gasteiger partial charge on any atom is 0.148 e. The van der Waals surface area contributed by atoms with Crippen LogP contribution in [0.4, 0.5) is 5.82 Å². The summed E-state index contributed by atoms with van der Waals surface area (Å²) in [5, 5.41) is 10.7. The van der Waals surface area contributed by atoms with Crippen LogP contribution in [-0.4, -0.2) is 41.4 Å². The summed E-state index contributed by atoms with van der Waals surface area (Å²) in [4.78, 5) is 11.4. The van der Waals surface area contributed by atoms with Gasteiger partial charge < -0.3 is 14.7 Å². The topological polar surface area (TPSA) is 58.5 Å². The van der Waals surface area contributed by atoms with Crippen LogP contribution in [0.3, 0.4) is 0 Å². The van der Waals surface area contributed by atoms with Gasteiger partial charge in [0.05, 0.1) is 30.4 Å². The second-order valence-corrected chi connectivity index (χ2v) is 6.13. The third-order valence-electron chi connectivity index (χ3n) is 4.13. The number of ether oxygens (including phenoxy) is 1. The van der Waals surface area contributed by atoms with Crippen LogP contribution in [0.25, 0.3) is 22.2 Å². The number of phenolic OH excluding ortho intramolecular Hbond substituents is 1. The van der Waals surface area contributed by atoms with Gasteiger partial charge in [-0.25, -0.2) is 4.98 Å². The lowest BCUT2D eigenvalue weighted by Gasteiger charge is -2.27. The number of hydrogen-bond acceptors (Lipinski definition) is 5. The summed E-state index contributed by atoms with van der Waals surface area (Å²) in [5.41, 5.74) is 3.15. The number of aromatic nitrogens is 2. The molecule has 2 heterocycles. The second kappa shape index (κ2) is 6.26. The fraction of sp³-hybridized carbons (Fsp3) is 0.222. The molecule has 0 unspecified atom stereocenters. The van der Waals surface area contributed by atoms with Crippen molar-refractivity contribution >= 4 is 28.5 Å². The van der Waals surface area contributed by atoms with E-state index in [0.717, 1.165) is 35.5 Å². The monoisotopic (exact) mass is 341 g/mol. The Kier molecular flexibility index (Phi) is 3.96. The van der Waals surface area contributed by atoms with Gasteiger partial charge in [-0.2, -0.15) is 0 Å². The number of phenols is 1. The summed E-state index contributed by atoms with van der Waals surface area (Å²) in [6, 6.07) is 10.8. The van der Waals surface area contributed by atoms with E-state index in [2.05, 4.69) is 9.88 Å². The fourth-order valence-electron chi connectivity index (χ4n) is 2.85. The van der Waals surface area contributed by atoms with Crippen molar-refractivity contribution in [3.05, 3.63) is 47.6 Å². The van der Waals surface area contributed by atoms with Crippen molar-refractivity contribution in [2.24, 2.45) is 0 Å². The average molecular weight is 342 g/mol. The zero-order valence-corrected chi connectivity index (χ0v) is 13.7. The molecule has 1 aromatic heterocycles. The van der Waals surface area contributed by atoms with Gasteiger partial charge >= 0.3 is 0 Å². The molecule has 1 N–H and O–H groups in total. The molecular formula is C18H16ClN3O2. The third kappa shape index (κ3) is 2.88. The highest BCUT2D eigenvalue weighted by Crippen LogP contribution is 2.33. The third-order valence-corrected chi connectivity index (χ3v) is 4.37. The molecular weight excluding hydrogens is 326 g/mol. The molecule has 1 aliphatic heterocycles. The van der Waals surface area contributed by atoms with Crippen molar-refractivity contribution in [1.29, 1.82) is 0 Å². The highest BCUT2D eigenvalue weighted by atomic mass is 35.5. The van der Waals surface area contributed by atoms with Crippen molar-refractivity contribution in [3.8, 4) is 16.9 Å². The zero-order valence-electron chi connectivity index (χ0n) is 12.9. The van der Waals surface area contributed by atoms with Crippen LogP contribution < -0.4 is 4.90 Å². The van der Waals surface area contributed by atoms with E-state index in [0.29, 0.717) is 23.8 Å². The molecule has 0 radical (unpaired) electrons. The SMILES string of the molecule is Oc1ccc(Cl)cc1-c1ccc2ncc(N3CCOCC3)nc2c1. The molecule has 0 aliphatic carbocycles. The van der Waals surface area contributed by atoms with Gasteiger partial charge in [-0.3, -0.25) is 4.98 Å². The van der Waals surface area contributed by atoms with Crippen LogP contribution in [0.1, 0.15) is 0 Å². The van der Waals surface area contributed by atoms with Gasteiger partial charge in [0.15, 0.2) is 0 Å². The van der Waals surface area contributed by atoms with Crippen LogP contribution in [0.15, 0.2) is 42.6 Å². The molecule has 0 saturated carbocycles. The van der Waals surface area contributed by atoms with E-state index in [1.807, 2.05) is 18.2 Å². The molecule has 4 rings (SSSR count). The van der Waals surface area contributed by atoms with E-state index >= 15 is 0 Å². The minimum atomic E-state index is 0.191. The Bertz CT molecular complexity index is 895. The van der Waals surface area contributed by atoms with Crippen LogP contribution in [0, 0.1) is 0 Å². The normalized spacial score (nSPS) is 15.0. The van der Waals surface area contributed by atoms with E-state index < -0.39 is 0 Å². The van der Waals surface area contributed by atoms with Crippen LogP contribution in [-0.2, 0) is 4.74 Å². The summed E-state index contributed by atoms with van der Waals surface area (Å²) < 4.78 is 5.38. The Morgan fingerprint density at radius 2 is 1.88 bits per heavy atom. The number of rotatable bonds is 2. The molecule has 1 fully saturated rings. The summed E-state index contributed by atoms with van der Waals surface area (Å²) in [6.45, 7) is 3.04. The Morgan fingerprint density at radius 1 is 1.04 bits per heavy atom. The Labute approximate surface area is 144 Å². The van der Waals surface area contributed by atoms with Gasteiger partial charge in [-0.1, -0.05) is 17.7 Å². The highest BCUT2D eigenvalue weighted by molar-refractivity contribution is 6.31. The molecule has 2 aromatic carbocycles. The number of morpholine rings is 1.